The molecule has 0 bridgehead atoms. The first-order valence-electron chi connectivity index (χ1n) is 2.34. The van der Waals surface area contributed by atoms with E-state index in [1.807, 2.05) is 18.2 Å². The van der Waals surface area contributed by atoms with E-state index in [4.69, 9.17) is 16.3 Å². The summed E-state index contributed by atoms with van der Waals surface area (Å²) >= 11 is 5.64. The van der Waals surface area contributed by atoms with Crippen molar-refractivity contribution in [1.29, 1.82) is 0 Å². The van der Waals surface area contributed by atoms with E-state index in [2.05, 4.69) is 0 Å². The highest BCUT2D eigenvalue weighted by Crippen LogP contribution is 2.49. The number of ether oxygens (including phenoxy) is 1. The molecule has 2 rings (SSSR count). The van der Waals surface area contributed by atoms with Crippen LogP contribution in [0.5, 0.6) is 11.5 Å². The van der Waals surface area contributed by atoms with Crippen LogP contribution in [-0.4, -0.2) is 0 Å². The molecule has 1 heterocycles. The third kappa shape index (κ3) is 0.421. The highest BCUT2D eigenvalue weighted by Gasteiger charge is 2.21. The van der Waals surface area contributed by atoms with Crippen molar-refractivity contribution >= 4 is 11.6 Å². The zero-order valence-corrected chi connectivity index (χ0v) is 4.77. The van der Waals surface area contributed by atoms with Crippen LogP contribution in [0.15, 0.2) is 18.2 Å². The summed E-state index contributed by atoms with van der Waals surface area (Å²) in [6.45, 7) is 0. The minimum Gasteiger partial charge on any atom is -0.448 e. The Balaban J connectivity index is 2.70. The molecule has 1 aromatic rings. The molecular weight excluding hydrogens is 124 g/mol. The molecule has 0 atom stereocenters. The fourth-order valence-electron chi connectivity index (χ4n) is 0.656. The van der Waals surface area contributed by atoms with Gasteiger partial charge < -0.3 is 4.74 Å². The lowest BCUT2D eigenvalue weighted by molar-refractivity contribution is 0.650. The fraction of sp³-hybridized carbons (Fsp3) is 0. The molecule has 0 amide bonds. The van der Waals surface area contributed by atoms with Gasteiger partial charge in [0.15, 0.2) is 11.5 Å². The van der Waals surface area contributed by atoms with Crippen LogP contribution in [0.2, 0.25) is 5.02 Å². The van der Waals surface area contributed by atoms with Crippen molar-refractivity contribution in [2.75, 3.05) is 0 Å². The number of fused-ring (bicyclic) bond motifs is 1. The molecule has 0 aliphatic carbocycles. The van der Waals surface area contributed by atoms with Crippen molar-refractivity contribution < 1.29 is 4.74 Å². The summed E-state index contributed by atoms with van der Waals surface area (Å²) in [5.41, 5.74) is 0. The van der Waals surface area contributed by atoms with E-state index in [0.717, 1.165) is 11.5 Å². The molecule has 0 N–H and O–H groups in total. The number of para-hydroxylation sites is 1. The van der Waals surface area contributed by atoms with Crippen LogP contribution >= 0.6 is 11.6 Å². The van der Waals surface area contributed by atoms with E-state index in [1.165, 1.54) is 0 Å². The van der Waals surface area contributed by atoms with Crippen molar-refractivity contribution in [2.24, 2.45) is 0 Å². The zero-order chi connectivity index (χ0) is 5.56. The molecule has 1 nitrogen and oxygen atoms in total. The largest absolute Gasteiger partial charge is 0.448 e. The quantitative estimate of drug-likeness (QED) is 0.494. The molecule has 0 saturated heterocycles. The fourth-order valence-corrected chi connectivity index (χ4v) is 0.861. The van der Waals surface area contributed by atoms with Crippen molar-refractivity contribution in [2.45, 2.75) is 0 Å². The summed E-state index contributed by atoms with van der Waals surface area (Å²) in [7, 11) is 0. The van der Waals surface area contributed by atoms with Gasteiger partial charge in [-0.3, -0.25) is 0 Å². The van der Waals surface area contributed by atoms with Crippen LogP contribution in [0.3, 0.4) is 0 Å². The van der Waals surface area contributed by atoms with Gasteiger partial charge in [-0.2, -0.15) is 0 Å². The van der Waals surface area contributed by atoms with E-state index in [0.29, 0.717) is 5.02 Å². The second-order valence-corrected chi connectivity index (χ2v) is 2.08. The molecule has 1 aromatic carbocycles. The maximum atomic E-state index is 5.64. The minimum absolute atomic E-state index is 0.711. The van der Waals surface area contributed by atoms with E-state index < -0.39 is 0 Å². The number of benzene rings is 1. The Morgan fingerprint density at radius 3 is 2.88 bits per heavy atom. The first-order chi connectivity index (χ1) is 3.88. The molecule has 0 spiro atoms. The third-order valence-corrected chi connectivity index (χ3v) is 1.40. The van der Waals surface area contributed by atoms with Crippen LogP contribution < -0.4 is 4.74 Å². The van der Waals surface area contributed by atoms with Gasteiger partial charge in [-0.15, -0.1) is 0 Å². The van der Waals surface area contributed by atoms with Gasteiger partial charge in [0.2, 0.25) is 0 Å². The molecule has 0 saturated carbocycles. The summed E-state index contributed by atoms with van der Waals surface area (Å²) in [5, 5.41) is 0.711. The first-order valence-corrected chi connectivity index (χ1v) is 2.72. The lowest BCUT2D eigenvalue weighted by atomic mass is 10.4. The van der Waals surface area contributed by atoms with E-state index in [1.54, 1.807) is 0 Å². The Morgan fingerprint density at radius 1 is 1.38 bits per heavy atom. The Hall–Kier alpha value is -0.690. The molecule has 0 fully saturated rings. The Kier molecular flexibility index (Phi) is 0.619. The summed E-state index contributed by atoms with van der Waals surface area (Å²) in [4.78, 5) is 0. The van der Waals surface area contributed by atoms with Gasteiger partial charge in [-0.05, 0) is 12.1 Å². The summed E-state index contributed by atoms with van der Waals surface area (Å²) in [6.07, 6.45) is 0. The van der Waals surface area contributed by atoms with Gasteiger partial charge >= 0.3 is 0 Å². The van der Waals surface area contributed by atoms with E-state index in [9.17, 15) is 0 Å². The van der Waals surface area contributed by atoms with Crippen molar-refractivity contribution in [3.05, 3.63) is 23.2 Å². The number of hydrogen-bond acceptors (Lipinski definition) is 1. The third-order valence-electron chi connectivity index (χ3n) is 1.10. The zero-order valence-electron chi connectivity index (χ0n) is 4.02. The van der Waals surface area contributed by atoms with Crippen LogP contribution in [0, 0.1) is 0 Å². The normalized spacial score (nSPS) is 12.1. The average molecular weight is 127 g/mol. The van der Waals surface area contributed by atoms with Crippen molar-refractivity contribution in [3.8, 4) is 11.5 Å². The van der Waals surface area contributed by atoms with Gasteiger partial charge in [0, 0.05) is 0 Å². The summed E-state index contributed by atoms with van der Waals surface area (Å²) in [6, 6.07) is 5.57. The predicted molar refractivity (Wildman–Crippen MR) is 31.5 cm³/mol. The van der Waals surface area contributed by atoms with Crippen LogP contribution in [0.25, 0.3) is 0 Å². The van der Waals surface area contributed by atoms with Crippen molar-refractivity contribution in [3.63, 3.8) is 0 Å². The van der Waals surface area contributed by atoms with E-state index in [-0.39, 0.29) is 0 Å². The van der Waals surface area contributed by atoms with Crippen LogP contribution in [-0.2, 0) is 0 Å². The second-order valence-electron chi connectivity index (χ2n) is 1.67. The number of halogens is 1. The molecule has 1 aliphatic rings. The van der Waals surface area contributed by atoms with Gasteiger partial charge in [-0.1, -0.05) is 17.7 Å². The van der Waals surface area contributed by atoms with Crippen LogP contribution in [0.4, 0.5) is 0 Å². The monoisotopic (exact) mass is 126 g/mol. The molecule has 1 aliphatic heterocycles. The van der Waals surface area contributed by atoms with Gasteiger partial charge in [0.1, 0.15) is 0 Å². The molecule has 0 radical (unpaired) electrons. The van der Waals surface area contributed by atoms with Gasteiger partial charge in [0.25, 0.3) is 0 Å². The van der Waals surface area contributed by atoms with Gasteiger partial charge in [-0.25, -0.2) is 0 Å². The molecule has 2 heteroatoms. The second kappa shape index (κ2) is 1.17. The summed E-state index contributed by atoms with van der Waals surface area (Å²) in [5.74, 6) is 1.76. The Bertz CT molecular complexity index is 232. The Labute approximate surface area is 51.8 Å². The number of hydrogen-bond donors (Lipinski definition) is 0. The predicted octanol–water partition coefficient (Wildman–Crippen LogP) is 2.45. The van der Waals surface area contributed by atoms with Crippen molar-refractivity contribution in [1.82, 2.24) is 0 Å². The standard InChI is InChI=1S/C6H3ClO/c7-4-2-1-3-5-6(4)8-5/h1-3H. The Morgan fingerprint density at radius 2 is 2.25 bits per heavy atom. The summed E-state index contributed by atoms with van der Waals surface area (Å²) < 4.78 is 4.94. The average Bonchev–Trinajstić information content (AvgIpc) is 2.45. The smallest absolute Gasteiger partial charge is 0.188 e. The molecule has 0 unspecified atom stereocenters. The highest BCUT2D eigenvalue weighted by atomic mass is 35.5. The topological polar surface area (TPSA) is 12.5 Å². The maximum Gasteiger partial charge on any atom is 0.188 e. The highest BCUT2D eigenvalue weighted by molar-refractivity contribution is 6.32. The molecule has 8 heavy (non-hydrogen) atoms. The number of rotatable bonds is 0. The van der Waals surface area contributed by atoms with E-state index >= 15 is 0 Å². The lowest BCUT2D eigenvalue weighted by Gasteiger charge is -1.73. The molecule has 0 aromatic heterocycles. The first kappa shape index (κ1) is 4.21. The van der Waals surface area contributed by atoms with Crippen LogP contribution in [0.1, 0.15) is 0 Å². The molecular formula is C6H3ClO. The molecule has 40 valence electrons. The maximum absolute atomic E-state index is 5.64. The minimum atomic E-state index is 0.711. The van der Waals surface area contributed by atoms with Gasteiger partial charge in [0.05, 0.1) is 5.02 Å². The lowest BCUT2D eigenvalue weighted by Crippen LogP contribution is -1.47. The SMILES string of the molecule is Clc1cccc2c1O2.